The van der Waals surface area contributed by atoms with Crippen LogP contribution in [0.1, 0.15) is 13.8 Å². The van der Waals surface area contributed by atoms with E-state index in [1.54, 1.807) is 18.9 Å². The van der Waals surface area contributed by atoms with Gasteiger partial charge in [-0.15, -0.1) is 5.10 Å². The third-order valence-electron chi connectivity index (χ3n) is 2.17. The quantitative estimate of drug-likeness (QED) is 0.846. The number of aromatic amines is 1. The summed E-state index contributed by atoms with van der Waals surface area (Å²) < 4.78 is 5.11. The second-order valence-electron chi connectivity index (χ2n) is 3.86. The summed E-state index contributed by atoms with van der Waals surface area (Å²) >= 11 is 1.64. The first-order valence-electron chi connectivity index (χ1n) is 5.42. The highest BCUT2D eigenvalue weighted by Crippen LogP contribution is 2.23. The van der Waals surface area contributed by atoms with E-state index in [0.717, 1.165) is 22.3 Å². The molecule has 0 aliphatic carbocycles. The molecule has 0 aliphatic rings. The van der Waals surface area contributed by atoms with Gasteiger partial charge in [0.05, 0.1) is 7.11 Å². The van der Waals surface area contributed by atoms with Crippen molar-refractivity contribution in [2.24, 2.45) is 0 Å². The van der Waals surface area contributed by atoms with E-state index in [2.05, 4.69) is 29.0 Å². The van der Waals surface area contributed by atoms with Gasteiger partial charge in [-0.2, -0.15) is 0 Å². The summed E-state index contributed by atoms with van der Waals surface area (Å²) in [4.78, 5) is 4.43. The number of rotatable bonds is 4. The van der Waals surface area contributed by atoms with Crippen LogP contribution in [0.15, 0.2) is 29.4 Å². The number of H-pyrrole nitrogens is 1. The number of methoxy groups -OCH3 is 1. The van der Waals surface area contributed by atoms with Crippen LogP contribution in [-0.4, -0.2) is 27.5 Å². The average molecular weight is 249 g/mol. The van der Waals surface area contributed by atoms with E-state index in [4.69, 9.17) is 4.74 Å². The largest absolute Gasteiger partial charge is 0.497 e. The molecular weight excluding hydrogens is 234 g/mol. The smallest absolute Gasteiger partial charge is 0.208 e. The van der Waals surface area contributed by atoms with Crippen LogP contribution in [0.5, 0.6) is 5.75 Å². The van der Waals surface area contributed by atoms with Gasteiger partial charge in [0.1, 0.15) is 5.75 Å². The van der Waals surface area contributed by atoms with Crippen molar-refractivity contribution < 1.29 is 4.74 Å². The first-order chi connectivity index (χ1) is 8.19. The highest BCUT2D eigenvalue weighted by atomic mass is 32.2. The molecule has 0 bridgehead atoms. The molecule has 5 heteroatoms. The molecular formula is C12H15N3OS. The van der Waals surface area contributed by atoms with Crippen LogP contribution >= 0.6 is 11.8 Å². The Hall–Kier alpha value is -1.49. The highest BCUT2D eigenvalue weighted by molar-refractivity contribution is 7.99. The molecule has 2 rings (SSSR count). The lowest BCUT2D eigenvalue weighted by Gasteiger charge is -2.00. The van der Waals surface area contributed by atoms with E-state index in [1.165, 1.54) is 0 Å². The van der Waals surface area contributed by atoms with Crippen LogP contribution in [0, 0.1) is 0 Å². The molecule has 1 N–H and O–H groups in total. The van der Waals surface area contributed by atoms with Crippen molar-refractivity contribution in [2.45, 2.75) is 24.3 Å². The summed E-state index contributed by atoms with van der Waals surface area (Å²) in [5.74, 6) is 1.63. The maximum absolute atomic E-state index is 5.11. The third kappa shape index (κ3) is 3.00. The van der Waals surface area contributed by atoms with Crippen molar-refractivity contribution in [3.63, 3.8) is 0 Å². The Balaban J connectivity index is 2.18. The lowest BCUT2D eigenvalue weighted by atomic mass is 10.2. The van der Waals surface area contributed by atoms with Gasteiger partial charge in [-0.1, -0.05) is 25.6 Å². The molecule has 1 aromatic heterocycles. The number of benzene rings is 1. The fourth-order valence-corrected chi connectivity index (χ4v) is 2.05. The Morgan fingerprint density at radius 1 is 1.24 bits per heavy atom. The molecule has 0 aliphatic heterocycles. The van der Waals surface area contributed by atoms with E-state index in [9.17, 15) is 0 Å². The Labute approximate surface area is 105 Å². The Bertz CT molecular complexity index is 479. The summed E-state index contributed by atoms with van der Waals surface area (Å²) in [5.41, 5.74) is 1.01. The van der Waals surface area contributed by atoms with Crippen LogP contribution in [0.4, 0.5) is 0 Å². The monoisotopic (exact) mass is 249 g/mol. The second-order valence-corrected chi connectivity index (χ2v) is 5.41. The number of thioether (sulfide) groups is 1. The van der Waals surface area contributed by atoms with Gasteiger partial charge in [-0.25, -0.2) is 4.98 Å². The Morgan fingerprint density at radius 2 is 1.94 bits per heavy atom. The van der Waals surface area contributed by atoms with Gasteiger partial charge in [-0.05, 0) is 24.3 Å². The summed E-state index contributed by atoms with van der Waals surface area (Å²) in [6.07, 6.45) is 0. The molecule has 0 radical (unpaired) electrons. The van der Waals surface area contributed by atoms with Crippen molar-refractivity contribution in [1.29, 1.82) is 0 Å². The van der Waals surface area contributed by atoms with Gasteiger partial charge in [-0.3, -0.25) is 5.10 Å². The molecule has 0 amide bonds. The number of hydrogen-bond donors (Lipinski definition) is 1. The molecule has 1 aromatic carbocycles. The van der Waals surface area contributed by atoms with E-state index >= 15 is 0 Å². The van der Waals surface area contributed by atoms with Crippen LogP contribution in [0.3, 0.4) is 0 Å². The molecule has 0 spiro atoms. The summed E-state index contributed by atoms with van der Waals surface area (Å²) in [6.45, 7) is 4.24. The molecule has 0 atom stereocenters. The first-order valence-corrected chi connectivity index (χ1v) is 6.30. The molecule has 17 heavy (non-hydrogen) atoms. The normalized spacial score (nSPS) is 10.8. The van der Waals surface area contributed by atoms with Gasteiger partial charge in [0.2, 0.25) is 5.16 Å². The van der Waals surface area contributed by atoms with Crippen LogP contribution < -0.4 is 4.74 Å². The third-order valence-corrected chi connectivity index (χ3v) is 3.03. The molecule has 0 saturated heterocycles. The Morgan fingerprint density at radius 3 is 2.53 bits per heavy atom. The molecule has 0 unspecified atom stereocenters. The fourth-order valence-electron chi connectivity index (χ4n) is 1.39. The van der Waals surface area contributed by atoms with E-state index in [0.29, 0.717) is 5.25 Å². The van der Waals surface area contributed by atoms with Gasteiger partial charge in [0, 0.05) is 10.8 Å². The van der Waals surface area contributed by atoms with Gasteiger partial charge >= 0.3 is 0 Å². The predicted molar refractivity (Wildman–Crippen MR) is 69.4 cm³/mol. The summed E-state index contributed by atoms with van der Waals surface area (Å²) in [5, 5.41) is 8.38. The van der Waals surface area contributed by atoms with Crippen molar-refractivity contribution in [2.75, 3.05) is 7.11 Å². The zero-order valence-electron chi connectivity index (χ0n) is 10.1. The van der Waals surface area contributed by atoms with Crippen molar-refractivity contribution in [3.8, 4) is 17.1 Å². The molecule has 4 nitrogen and oxygen atoms in total. The SMILES string of the molecule is COc1ccc(-c2nc(SC(C)C)n[nH]2)cc1. The average Bonchev–Trinajstić information content (AvgIpc) is 2.77. The number of nitrogens with one attached hydrogen (secondary N) is 1. The van der Waals surface area contributed by atoms with Crippen LogP contribution in [0.25, 0.3) is 11.4 Å². The zero-order chi connectivity index (χ0) is 12.3. The number of aromatic nitrogens is 3. The molecule has 0 saturated carbocycles. The highest BCUT2D eigenvalue weighted by Gasteiger charge is 2.07. The number of hydrogen-bond acceptors (Lipinski definition) is 4. The van der Waals surface area contributed by atoms with Crippen LogP contribution in [0.2, 0.25) is 0 Å². The molecule has 90 valence electrons. The van der Waals surface area contributed by atoms with Crippen molar-refractivity contribution in [3.05, 3.63) is 24.3 Å². The lowest BCUT2D eigenvalue weighted by molar-refractivity contribution is 0.415. The van der Waals surface area contributed by atoms with E-state index < -0.39 is 0 Å². The minimum atomic E-state index is 0.481. The van der Waals surface area contributed by atoms with E-state index in [1.807, 2.05) is 24.3 Å². The minimum Gasteiger partial charge on any atom is -0.497 e. The topological polar surface area (TPSA) is 50.8 Å². The molecule has 0 fully saturated rings. The standard InChI is InChI=1S/C12H15N3OS/c1-8(2)17-12-13-11(14-15-12)9-4-6-10(16-3)7-5-9/h4-8H,1-3H3,(H,13,14,15). The van der Waals surface area contributed by atoms with Crippen molar-refractivity contribution >= 4 is 11.8 Å². The number of ether oxygens (including phenoxy) is 1. The first kappa shape index (κ1) is 12.0. The van der Waals surface area contributed by atoms with Crippen LogP contribution in [-0.2, 0) is 0 Å². The van der Waals surface area contributed by atoms with Crippen molar-refractivity contribution in [1.82, 2.24) is 15.2 Å². The molecule has 2 aromatic rings. The number of nitrogens with zero attached hydrogens (tertiary/aromatic N) is 2. The molecule has 1 heterocycles. The zero-order valence-corrected chi connectivity index (χ0v) is 10.9. The Kier molecular flexibility index (Phi) is 3.68. The van der Waals surface area contributed by atoms with E-state index in [-0.39, 0.29) is 0 Å². The fraction of sp³-hybridized carbons (Fsp3) is 0.333. The minimum absolute atomic E-state index is 0.481. The maximum atomic E-state index is 5.11. The summed E-state index contributed by atoms with van der Waals surface area (Å²) in [7, 11) is 1.65. The van der Waals surface area contributed by atoms with Gasteiger partial charge in [0.25, 0.3) is 0 Å². The van der Waals surface area contributed by atoms with Gasteiger partial charge < -0.3 is 4.74 Å². The second kappa shape index (κ2) is 5.23. The lowest BCUT2D eigenvalue weighted by Crippen LogP contribution is -1.87. The van der Waals surface area contributed by atoms with Gasteiger partial charge in [0.15, 0.2) is 5.82 Å². The summed E-state index contributed by atoms with van der Waals surface area (Å²) in [6, 6.07) is 7.74. The maximum Gasteiger partial charge on any atom is 0.208 e. The predicted octanol–water partition coefficient (Wildman–Crippen LogP) is 2.98.